The van der Waals surface area contributed by atoms with E-state index in [1.54, 1.807) is 13.0 Å². The Bertz CT molecular complexity index is 521. The molecule has 0 radical (unpaired) electrons. The van der Waals surface area contributed by atoms with Gasteiger partial charge in [0.15, 0.2) is 5.52 Å². The van der Waals surface area contributed by atoms with E-state index < -0.39 is 4.92 Å². The number of nitro benzene ring substituents is 1. The Balaban J connectivity index is 2.90. The highest BCUT2D eigenvalue weighted by Crippen LogP contribution is 2.33. The molecular formula is C8H5ClN2O3. The molecule has 14 heavy (non-hydrogen) atoms. The van der Waals surface area contributed by atoms with E-state index in [0.717, 1.165) is 0 Å². The largest absolute Gasteiger partial charge is 0.360 e. The number of halogens is 1. The molecule has 1 aromatic carbocycles. The Morgan fingerprint density at radius 3 is 2.93 bits per heavy atom. The molecule has 0 saturated carbocycles. The zero-order valence-corrected chi connectivity index (χ0v) is 7.91. The van der Waals surface area contributed by atoms with Gasteiger partial charge in [-0.05, 0) is 19.1 Å². The molecule has 0 unspecified atom stereocenters. The van der Waals surface area contributed by atoms with Gasteiger partial charge < -0.3 is 4.52 Å². The summed E-state index contributed by atoms with van der Waals surface area (Å²) in [5.41, 5.74) is -0.0129. The molecule has 0 N–H and O–H groups in total. The van der Waals surface area contributed by atoms with Gasteiger partial charge in [-0.1, -0.05) is 16.8 Å². The average Bonchev–Trinajstić information content (AvgIpc) is 2.47. The third kappa shape index (κ3) is 1.13. The Morgan fingerprint density at radius 1 is 1.57 bits per heavy atom. The van der Waals surface area contributed by atoms with Crippen molar-refractivity contribution >= 4 is 28.2 Å². The van der Waals surface area contributed by atoms with Crippen LogP contribution in [0.25, 0.3) is 10.9 Å². The lowest BCUT2D eigenvalue weighted by atomic mass is 10.2. The van der Waals surface area contributed by atoms with Crippen molar-refractivity contribution in [3.05, 3.63) is 33.0 Å². The molecular weight excluding hydrogens is 208 g/mol. The van der Waals surface area contributed by atoms with Crippen molar-refractivity contribution in [2.45, 2.75) is 6.92 Å². The molecule has 0 saturated heterocycles. The molecule has 0 amide bonds. The maximum Gasteiger partial charge on any atom is 0.317 e. The lowest BCUT2D eigenvalue weighted by Gasteiger charge is -1.94. The highest BCUT2D eigenvalue weighted by Gasteiger charge is 2.21. The Hall–Kier alpha value is -1.62. The number of rotatable bonds is 1. The molecule has 0 spiro atoms. The minimum atomic E-state index is -0.563. The van der Waals surface area contributed by atoms with Crippen molar-refractivity contribution in [1.82, 2.24) is 5.16 Å². The number of aryl methyl sites for hydroxylation is 1. The molecule has 1 aromatic heterocycles. The fourth-order valence-electron chi connectivity index (χ4n) is 1.27. The topological polar surface area (TPSA) is 69.2 Å². The number of benzene rings is 1. The van der Waals surface area contributed by atoms with Gasteiger partial charge in [0, 0.05) is 0 Å². The van der Waals surface area contributed by atoms with Gasteiger partial charge in [0.05, 0.1) is 10.3 Å². The van der Waals surface area contributed by atoms with E-state index >= 15 is 0 Å². The summed E-state index contributed by atoms with van der Waals surface area (Å²) in [6.07, 6.45) is 0. The third-order valence-corrected chi connectivity index (χ3v) is 2.24. The van der Waals surface area contributed by atoms with E-state index in [1.807, 2.05) is 0 Å². The molecule has 5 nitrogen and oxygen atoms in total. The second-order valence-electron chi connectivity index (χ2n) is 2.79. The van der Waals surface area contributed by atoms with E-state index in [4.69, 9.17) is 16.1 Å². The van der Waals surface area contributed by atoms with E-state index in [1.165, 1.54) is 6.07 Å². The molecule has 2 aromatic rings. The minimum Gasteiger partial charge on any atom is -0.360 e. The predicted molar refractivity (Wildman–Crippen MR) is 50.4 cm³/mol. The molecule has 72 valence electrons. The van der Waals surface area contributed by atoms with Crippen LogP contribution in [-0.4, -0.2) is 10.1 Å². The summed E-state index contributed by atoms with van der Waals surface area (Å²) < 4.78 is 4.85. The normalized spacial score (nSPS) is 10.7. The van der Waals surface area contributed by atoms with Gasteiger partial charge in [-0.3, -0.25) is 10.1 Å². The summed E-state index contributed by atoms with van der Waals surface area (Å²) in [5.74, 6) is 0.541. The number of aromatic nitrogens is 1. The quantitative estimate of drug-likeness (QED) is 0.538. The van der Waals surface area contributed by atoms with Crippen LogP contribution in [-0.2, 0) is 0 Å². The second-order valence-corrected chi connectivity index (χ2v) is 3.20. The second kappa shape index (κ2) is 2.95. The van der Waals surface area contributed by atoms with Crippen LogP contribution in [0.4, 0.5) is 5.69 Å². The van der Waals surface area contributed by atoms with E-state index in [-0.39, 0.29) is 16.2 Å². The van der Waals surface area contributed by atoms with Gasteiger partial charge in [-0.25, -0.2) is 0 Å². The van der Waals surface area contributed by atoms with Crippen molar-refractivity contribution in [1.29, 1.82) is 0 Å². The molecule has 1 heterocycles. The van der Waals surface area contributed by atoms with Gasteiger partial charge in [-0.15, -0.1) is 0 Å². The van der Waals surface area contributed by atoms with Crippen molar-refractivity contribution < 1.29 is 9.45 Å². The van der Waals surface area contributed by atoms with Crippen molar-refractivity contribution in [3.8, 4) is 0 Å². The first-order valence-electron chi connectivity index (χ1n) is 3.80. The summed E-state index contributed by atoms with van der Waals surface area (Å²) in [6.45, 7) is 1.69. The van der Waals surface area contributed by atoms with Crippen molar-refractivity contribution in [2.75, 3.05) is 0 Å². The van der Waals surface area contributed by atoms with Crippen LogP contribution in [0.3, 0.4) is 0 Å². The number of nitrogens with zero attached hydrogens (tertiary/aromatic N) is 2. The van der Waals surface area contributed by atoms with Crippen LogP contribution in [0.5, 0.6) is 0 Å². The summed E-state index contributed by atoms with van der Waals surface area (Å²) in [7, 11) is 0. The van der Waals surface area contributed by atoms with Crippen molar-refractivity contribution in [2.24, 2.45) is 0 Å². The fraction of sp³-hybridized carbons (Fsp3) is 0.125. The monoisotopic (exact) mass is 212 g/mol. The summed E-state index contributed by atoms with van der Waals surface area (Å²) >= 11 is 5.68. The SMILES string of the molecule is Cc1onc2c([N+](=O)[O-])c(Cl)ccc12. The molecule has 2 rings (SSSR count). The van der Waals surface area contributed by atoms with Gasteiger partial charge in [0.2, 0.25) is 0 Å². The number of fused-ring (bicyclic) bond motifs is 1. The Labute approximate surface area is 83.4 Å². The fourth-order valence-corrected chi connectivity index (χ4v) is 1.49. The lowest BCUT2D eigenvalue weighted by molar-refractivity contribution is -0.383. The molecule has 0 atom stereocenters. The van der Waals surface area contributed by atoms with Gasteiger partial charge in [0.1, 0.15) is 10.8 Å². The maximum absolute atomic E-state index is 10.7. The van der Waals surface area contributed by atoms with Gasteiger partial charge in [-0.2, -0.15) is 0 Å². The summed E-state index contributed by atoms with van der Waals surface area (Å²) in [4.78, 5) is 10.1. The smallest absolute Gasteiger partial charge is 0.317 e. The summed E-state index contributed by atoms with van der Waals surface area (Å²) in [5, 5.41) is 15.0. The average molecular weight is 213 g/mol. The van der Waals surface area contributed by atoms with E-state index in [2.05, 4.69) is 5.16 Å². The predicted octanol–water partition coefficient (Wildman–Crippen LogP) is 2.70. The Kier molecular flexibility index (Phi) is 1.89. The number of hydrogen-bond donors (Lipinski definition) is 0. The van der Waals surface area contributed by atoms with Crippen LogP contribution < -0.4 is 0 Å². The number of hydrogen-bond acceptors (Lipinski definition) is 4. The first kappa shape index (κ1) is 8.96. The number of nitro groups is 1. The van der Waals surface area contributed by atoms with Crippen molar-refractivity contribution in [3.63, 3.8) is 0 Å². The molecule has 0 bridgehead atoms. The Morgan fingerprint density at radius 2 is 2.29 bits per heavy atom. The van der Waals surface area contributed by atoms with Crippen LogP contribution in [0.15, 0.2) is 16.7 Å². The minimum absolute atomic E-state index is 0.0656. The molecule has 6 heteroatoms. The van der Waals surface area contributed by atoms with Crippen LogP contribution in [0, 0.1) is 17.0 Å². The highest BCUT2D eigenvalue weighted by atomic mass is 35.5. The standard InChI is InChI=1S/C8H5ClN2O3/c1-4-5-2-3-6(9)8(11(12)13)7(5)10-14-4/h2-3H,1H3. The lowest BCUT2D eigenvalue weighted by Crippen LogP contribution is -1.90. The molecule has 0 aliphatic heterocycles. The highest BCUT2D eigenvalue weighted by molar-refractivity contribution is 6.34. The van der Waals surface area contributed by atoms with Gasteiger partial charge in [0.25, 0.3) is 0 Å². The maximum atomic E-state index is 10.7. The third-order valence-electron chi connectivity index (χ3n) is 1.94. The zero-order chi connectivity index (χ0) is 10.3. The molecule has 0 aliphatic rings. The zero-order valence-electron chi connectivity index (χ0n) is 7.15. The summed E-state index contributed by atoms with van der Waals surface area (Å²) in [6, 6.07) is 3.11. The van der Waals surface area contributed by atoms with Crippen LogP contribution in [0.1, 0.15) is 5.76 Å². The van der Waals surface area contributed by atoms with E-state index in [9.17, 15) is 10.1 Å². The first-order valence-corrected chi connectivity index (χ1v) is 4.18. The van der Waals surface area contributed by atoms with E-state index in [0.29, 0.717) is 11.1 Å². The van der Waals surface area contributed by atoms with Crippen LogP contribution in [0.2, 0.25) is 5.02 Å². The van der Waals surface area contributed by atoms with Gasteiger partial charge >= 0.3 is 5.69 Å². The first-order chi connectivity index (χ1) is 6.61. The molecule has 0 aliphatic carbocycles. The molecule has 0 fully saturated rings. The van der Waals surface area contributed by atoms with Crippen LogP contribution >= 0.6 is 11.6 Å².